The standard InChI is InChI=1S/C21H20N6O3/c1-27-17-15(8-5-11-22-17)30-12-14(19(27)29)23-18(28)16-24-20(26-25-16)21(9-10-21)13-6-3-2-4-7-13/h2-8,11,14H,9-10,12H2,1H3,(H,23,28)(H,24,25,26)/t14-/m0/s1. The van der Waals surface area contributed by atoms with Crippen LogP contribution in [0.4, 0.5) is 5.82 Å². The van der Waals surface area contributed by atoms with Gasteiger partial charge in [-0.25, -0.2) is 9.97 Å². The summed E-state index contributed by atoms with van der Waals surface area (Å²) in [6.45, 7) is -0.00115. The van der Waals surface area contributed by atoms with Gasteiger partial charge in [0.15, 0.2) is 11.6 Å². The number of carbonyl (C=O) groups is 2. The van der Waals surface area contributed by atoms with Crippen molar-refractivity contribution < 1.29 is 14.3 Å². The van der Waals surface area contributed by atoms with E-state index in [0.29, 0.717) is 17.4 Å². The molecular weight excluding hydrogens is 384 g/mol. The van der Waals surface area contributed by atoms with Crippen LogP contribution in [0.2, 0.25) is 0 Å². The third-order valence-electron chi connectivity index (χ3n) is 5.63. The number of likely N-dealkylation sites (N-methyl/N-ethyl adjacent to an activating group) is 1. The van der Waals surface area contributed by atoms with Crippen LogP contribution in [0.1, 0.15) is 34.8 Å². The molecule has 2 N–H and O–H groups in total. The molecule has 2 aromatic heterocycles. The van der Waals surface area contributed by atoms with Gasteiger partial charge in [-0.05, 0) is 30.5 Å². The summed E-state index contributed by atoms with van der Waals surface area (Å²) in [6.07, 6.45) is 3.47. The van der Waals surface area contributed by atoms with E-state index in [1.54, 1.807) is 25.4 Å². The van der Waals surface area contributed by atoms with E-state index < -0.39 is 11.9 Å². The largest absolute Gasteiger partial charge is 0.487 e. The molecule has 9 nitrogen and oxygen atoms in total. The van der Waals surface area contributed by atoms with Gasteiger partial charge in [0.1, 0.15) is 18.5 Å². The van der Waals surface area contributed by atoms with Crippen LogP contribution in [0, 0.1) is 0 Å². The third-order valence-corrected chi connectivity index (χ3v) is 5.63. The van der Waals surface area contributed by atoms with Crippen LogP contribution in [0.3, 0.4) is 0 Å². The van der Waals surface area contributed by atoms with Crippen molar-refractivity contribution in [1.29, 1.82) is 0 Å². The molecule has 0 spiro atoms. The van der Waals surface area contributed by atoms with Crippen LogP contribution < -0.4 is 15.0 Å². The summed E-state index contributed by atoms with van der Waals surface area (Å²) >= 11 is 0. The fourth-order valence-corrected chi connectivity index (χ4v) is 3.78. The van der Waals surface area contributed by atoms with Crippen molar-refractivity contribution in [2.45, 2.75) is 24.3 Å². The summed E-state index contributed by atoms with van der Waals surface area (Å²) in [5.41, 5.74) is 0.925. The monoisotopic (exact) mass is 404 g/mol. The van der Waals surface area contributed by atoms with Gasteiger partial charge in [0.2, 0.25) is 5.82 Å². The summed E-state index contributed by atoms with van der Waals surface area (Å²) < 4.78 is 5.68. The highest BCUT2D eigenvalue weighted by Crippen LogP contribution is 2.51. The highest BCUT2D eigenvalue weighted by Gasteiger charge is 2.49. The van der Waals surface area contributed by atoms with Crippen LogP contribution in [0.5, 0.6) is 5.75 Å². The van der Waals surface area contributed by atoms with Crippen LogP contribution in [0.25, 0.3) is 0 Å². The molecule has 2 amide bonds. The zero-order valence-electron chi connectivity index (χ0n) is 16.3. The maximum atomic E-state index is 12.8. The molecular formula is C21H20N6O3. The molecule has 2 aliphatic rings. The first kappa shape index (κ1) is 18.3. The number of carbonyl (C=O) groups excluding carboxylic acids is 2. The molecule has 30 heavy (non-hydrogen) atoms. The molecule has 3 aromatic rings. The first-order chi connectivity index (χ1) is 14.6. The second kappa shape index (κ2) is 6.94. The average molecular weight is 404 g/mol. The van der Waals surface area contributed by atoms with Gasteiger partial charge in [0.05, 0.1) is 5.41 Å². The Morgan fingerprint density at radius 1 is 1.23 bits per heavy atom. The number of amides is 2. The summed E-state index contributed by atoms with van der Waals surface area (Å²) in [7, 11) is 1.60. The predicted octanol–water partition coefficient (Wildman–Crippen LogP) is 1.43. The number of nitrogens with zero attached hydrogens (tertiary/aromatic N) is 4. The summed E-state index contributed by atoms with van der Waals surface area (Å²) in [5.74, 6) is 0.718. The van der Waals surface area contributed by atoms with E-state index in [2.05, 4.69) is 37.6 Å². The lowest BCUT2D eigenvalue weighted by Crippen LogP contribution is -2.49. The maximum Gasteiger partial charge on any atom is 0.291 e. The Labute approximate surface area is 172 Å². The van der Waals surface area contributed by atoms with E-state index in [4.69, 9.17) is 4.74 Å². The molecule has 9 heteroatoms. The number of anilines is 1. The smallest absolute Gasteiger partial charge is 0.291 e. The minimum absolute atomic E-state index is 0.00115. The molecule has 1 atom stereocenters. The minimum atomic E-state index is -0.873. The number of aromatic amines is 1. The van der Waals surface area contributed by atoms with E-state index in [1.165, 1.54) is 4.90 Å². The molecule has 0 bridgehead atoms. The molecule has 1 aliphatic carbocycles. The molecule has 0 unspecified atom stereocenters. The van der Waals surface area contributed by atoms with Gasteiger partial charge in [-0.2, -0.15) is 0 Å². The van der Waals surface area contributed by atoms with E-state index in [1.807, 2.05) is 18.2 Å². The number of ether oxygens (including phenoxy) is 1. The zero-order valence-corrected chi connectivity index (χ0v) is 16.3. The van der Waals surface area contributed by atoms with Gasteiger partial charge in [0, 0.05) is 13.2 Å². The fourth-order valence-electron chi connectivity index (χ4n) is 3.78. The van der Waals surface area contributed by atoms with Crippen LogP contribution in [0.15, 0.2) is 48.7 Å². The van der Waals surface area contributed by atoms with E-state index in [-0.39, 0.29) is 23.8 Å². The van der Waals surface area contributed by atoms with Crippen LogP contribution >= 0.6 is 0 Å². The van der Waals surface area contributed by atoms with Gasteiger partial charge in [-0.3, -0.25) is 19.6 Å². The summed E-state index contributed by atoms with van der Waals surface area (Å²) in [6, 6.07) is 12.6. The lowest BCUT2D eigenvalue weighted by molar-refractivity contribution is -0.120. The highest BCUT2D eigenvalue weighted by molar-refractivity contribution is 6.01. The van der Waals surface area contributed by atoms with Crippen molar-refractivity contribution in [3.8, 4) is 5.75 Å². The minimum Gasteiger partial charge on any atom is -0.487 e. The number of nitrogens with one attached hydrogen (secondary N) is 2. The topological polar surface area (TPSA) is 113 Å². The lowest BCUT2D eigenvalue weighted by atomic mass is 9.95. The molecule has 0 saturated heterocycles. The predicted molar refractivity (Wildman–Crippen MR) is 107 cm³/mol. The van der Waals surface area contributed by atoms with Crippen molar-refractivity contribution in [2.75, 3.05) is 18.6 Å². The summed E-state index contributed by atoms with van der Waals surface area (Å²) in [4.78, 5) is 35.5. The highest BCUT2D eigenvalue weighted by atomic mass is 16.5. The molecule has 152 valence electrons. The van der Waals surface area contributed by atoms with E-state index >= 15 is 0 Å². The second-order valence-corrected chi connectivity index (χ2v) is 7.52. The first-order valence-corrected chi connectivity index (χ1v) is 9.73. The number of aromatic nitrogens is 4. The normalized spacial score (nSPS) is 19.4. The zero-order chi connectivity index (χ0) is 20.7. The van der Waals surface area contributed by atoms with Crippen molar-refractivity contribution in [3.63, 3.8) is 0 Å². The number of hydrogen-bond acceptors (Lipinski definition) is 6. The quantitative estimate of drug-likeness (QED) is 0.680. The van der Waals surface area contributed by atoms with Gasteiger partial charge in [0.25, 0.3) is 11.8 Å². The van der Waals surface area contributed by atoms with Crippen molar-refractivity contribution in [3.05, 3.63) is 65.9 Å². The molecule has 0 radical (unpaired) electrons. The Bertz CT molecular complexity index is 1110. The molecule has 1 saturated carbocycles. The number of hydrogen-bond donors (Lipinski definition) is 2. The fraction of sp³-hybridized carbons (Fsp3) is 0.286. The third kappa shape index (κ3) is 2.99. The first-order valence-electron chi connectivity index (χ1n) is 9.73. The van der Waals surface area contributed by atoms with Gasteiger partial charge in [-0.1, -0.05) is 30.3 Å². The SMILES string of the molecule is CN1C(=O)[C@@H](NC(=O)c2n[nH]c(C3(c4ccccc4)CC3)n2)COc2cccnc21. The van der Waals surface area contributed by atoms with E-state index in [9.17, 15) is 9.59 Å². The molecule has 1 aliphatic heterocycles. The Balaban J connectivity index is 1.33. The van der Waals surface area contributed by atoms with Gasteiger partial charge < -0.3 is 10.1 Å². The number of H-pyrrole nitrogens is 1. The Kier molecular flexibility index (Phi) is 4.23. The van der Waals surface area contributed by atoms with E-state index in [0.717, 1.165) is 18.4 Å². The molecule has 5 rings (SSSR count). The Morgan fingerprint density at radius 3 is 2.80 bits per heavy atom. The number of pyridine rings is 1. The maximum absolute atomic E-state index is 12.8. The van der Waals surface area contributed by atoms with Gasteiger partial charge in [-0.15, -0.1) is 5.10 Å². The van der Waals surface area contributed by atoms with Crippen molar-refractivity contribution in [1.82, 2.24) is 25.5 Å². The molecule has 3 heterocycles. The van der Waals surface area contributed by atoms with Crippen molar-refractivity contribution >= 4 is 17.6 Å². The number of rotatable bonds is 4. The van der Waals surface area contributed by atoms with Crippen molar-refractivity contribution in [2.24, 2.45) is 0 Å². The summed E-state index contributed by atoms with van der Waals surface area (Å²) in [5, 5.41) is 9.69. The number of benzene rings is 1. The van der Waals surface area contributed by atoms with Crippen LogP contribution in [-0.2, 0) is 10.2 Å². The van der Waals surface area contributed by atoms with Crippen LogP contribution in [-0.4, -0.2) is 51.7 Å². The molecule has 1 fully saturated rings. The Hall–Kier alpha value is -3.75. The second-order valence-electron chi connectivity index (χ2n) is 7.52. The number of fused-ring (bicyclic) bond motifs is 1. The average Bonchev–Trinajstić information content (AvgIpc) is 3.47. The lowest BCUT2D eigenvalue weighted by Gasteiger charge is -2.19. The van der Waals surface area contributed by atoms with Gasteiger partial charge >= 0.3 is 0 Å². The Morgan fingerprint density at radius 2 is 2.03 bits per heavy atom. The molecule has 1 aromatic carbocycles.